The number of nitrogens with two attached hydrogens (primary N) is 3. The van der Waals surface area contributed by atoms with Gasteiger partial charge in [-0.25, -0.2) is 0 Å². The Kier molecular flexibility index (Phi) is 5.22. The van der Waals surface area contributed by atoms with E-state index in [4.69, 9.17) is 17.2 Å². The molecule has 0 aliphatic carbocycles. The zero-order chi connectivity index (χ0) is 10.4. The summed E-state index contributed by atoms with van der Waals surface area (Å²) in [6, 6.07) is 0. The van der Waals surface area contributed by atoms with Crippen LogP contribution in [0.3, 0.4) is 0 Å². The summed E-state index contributed by atoms with van der Waals surface area (Å²) in [5.41, 5.74) is 15.0. The second-order valence-corrected chi connectivity index (χ2v) is 2.66. The number of rotatable bonds is 3. The summed E-state index contributed by atoms with van der Waals surface area (Å²) in [7, 11) is 0. The van der Waals surface area contributed by atoms with Crippen molar-refractivity contribution in [3.63, 3.8) is 0 Å². The number of hydrogen-bond acceptors (Lipinski definition) is 7. The largest absolute Gasteiger partial charge is 0.359 e. The molecule has 0 amide bonds. The molecule has 74 valence electrons. The quantitative estimate of drug-likeness (QED) is 0.413. The van der Waals surface area contributed by atoms with E-state index < -0.39 is 0 Å². The van der Waals surface area contributed by atoms with Crippen molar-refractivity contribution in [1.29, 1.82) is 0 Å². The molecule has 0 bridgehead atoms. The number of hydrogen-bond donors (Lipinski definition) is 3. The summed E-state index contributed by atoms with van der Waals surface area (Å²) in [5, 5.41) is -0.847. The third kappa shape index (κ3) is 7.39. The maximum absolute atomic E-state index is 4.98. The third-order valence-electron chi connectivity index (χ3n) is 0.494. The Morgan fingerprint density at radius 1 is 0.769 bits per heavy atom. The van der Waals surface area contributed by atoms with Crippen LogP contribution in [-0.4, -0.2) is 20.9 Å². The van der Waals surface area contributed by atoms with Gasteiger partial charge in [0.1, 0.15) is 0 Å². The van der Waals surface area contributed by atoms with Gasteiger partial charge in [-0.05, 0) is 36.7 Å². The van der Waals surface area contributed by atoms with Gasteiger partial charge in [0.05, 0.1) is 0 Å². The minimum Gasteiger partial charge on any atom is -0.359 e. The van der Waals surface area contributed by atoms with Crippen LogP contribution in [-0.2, 0) is 14.5 Å². The Balaban J connectivity index is 4.10. The van der Waals surface area contributed by atoms with E-state index in [-0.39, 0.29) is 15.5 Å². The molecular weight excluding hydrogens is 236 g/mol. The topological polar surface area (TPSA) is 109 Å². The maximum Gasteiger partial charge on any atom is 0.283 e. The number of nitrogens with zero attached hydrogens (tertiary/aromatic N) is 1. The molecule has 0 spiro atoms. The lowest BCUT2D eigenvalue weighted by atomic mass is 11.3. The van der Waals surface area contributed by atoms with Crippen molar-refractivity contribution in [1.82, 2.24) is 5.39 Å². The van der Waals surface area contributed by atoms with Crippen molar-refractivity contribution in [2.75, 3.05) is 0 Å². The molecule has 0 heterocycles. The Morgan fingerprint density at radius 2 is 1.00 bits per heavy atom. The molecule has 0 atom stereocenters. The first-order chi connectivity index (χ1) is 5.91. The second kappa shape index (κ2) is 5.64. The van der Waals surface area contributed by atoms with Crippen LogP contribution in [0.25, 0.3) is 0 Å². The predicted octanol–water partition coefficient (Wildman–Crippen LogP) is -1.19. The normalized spacial score (nSPS) is 9.00. The van der Waals surface area contributed by atoms with Gasteiger partial charge in [-0.2, -0.15) is 0 Å². The third-order valence-corrected chi connectivity index (χ3v) is 0.717. The highest BCUT2D eigenvalue weighted by atomic mass is 32.1. The Morgan fingerprint density at radius 3 is 1.15 bits per heavy atom. The maximum atomic E-state index is 4.98. The van der Waals surface area contributed by atoms with E-state index in [2.05, 4.69) is 51.2 Å². The van der Waals surface area contributed by atoms with Gasteiger partial charge in [0.15, 0.2) is 0 Å². The molecule has 0 aliphatic heterocycles. The minimum atomic E-state index is -0.382. The van der Waals surface area contributed by atoms with Crippen LogP contribution in [0, 0.1) is 0 Å². The van der Waals surface area contributed by atoms with Crippen molar-refractivity contribution in [3.05, 3.63) is 0 Å². The van der Waals surface area contributed by atoms with Crippen LogP contribution < -0.4 is 17.2 Å². The molecule has 10 heteroatoms. The lowest BCUT2D eigenvalue weighted by Crippen LogP contribution is -2.37. The summed E-state index contributed by atoms with van der Waals surface area (Å²) >= 11 is 13.1. The molecule has 0 aromatic carbocycles. The van der Waals surface area contributed by atoms with Gasteiger partial charge in [0.2, 0.25) is 5.39 Å². The first-order valence-corrected chi connectivity index (χ1v) is 3.86. The number of thiocarbonyl (C=S) groups is 3. The summed E-state index contributed by atoms with van der Waals surface area (Å²) in [6.07, 6.45) is 0. The van der Waals surface area contributed by atoms with Gasteiger partial charge in [-0.3, -0.25) is 0 Å². The summed E-state index contributed by atoms with van der Waals surface area (Å²) in [4.78, 5) is 13.3. The molecule has 0 radical (unpaired) electrons. The standard InChI is InChI=1S/C3H6N4O3S3/c4-1(11)8-7(9-2(5)12)10-3(6)13/h(H2,4,11)(H2,5,12)(H2,6,13). The van der Waals surface area contributed by atoms with Crippen LogP contribution in [0.2, 0.25) is 0 Å². The van der Waals surface area contributed by atoms with E-state index in [9.17, 15) is 0 Å². The van der Waals surface area contributed by atoms with E-state index in [1.54, 1.807) is 0 Å². The minimum absolute atomic E-state index is 0.299. The van der Waals surface area contributed by atoms with Crippen molar-refractivity contribution >= 4 is 52.2 Å². The molecule has 13 heavy (non-hydrogen) atoms. The molecular formula is C3H6N4O3S3. The zero-order valence-corrected chi connectivity index (χ0v) is 8.58. The molecule has 0 aromatic rings. The van der Waals surface area contributed by atoms with Crippen molar-refractivity contribution in [3.8, 4) is 0 Å². The van der Waals surface area contributed by atoms with Gasteiger partial charge in [-0.1, -0.05) is 0 Å². The Labute approximate surface area is 89.5 Å². The average molecular weight is 242 g/mol. The fraction of sp³-hybridized carbons (Fsp3) is 0. The zero-order valence-electron chi connectivity index (χ0n) is 6.13. The first-order valence-electron chi connectivity index (χ1n) is 2.64. The lowest BCUT2D eigenvalue weighted by Gasteiger charge is -2.16. The Hall–Kier alpha value is -0.970. The van der Waals surface area contributed by atoms with Gasteiger partial charge in [0.25, 0.3) is 15.5 Å². The molecule has 0 saturated heterocycles. The molecule has 0 saturated carbocycles. The van der Waals surface area contributed by atoms with Gasteiger partial charge in [-0.15, -0.1) is 0 Å². The van der Waals surface area contributed by atoms with Crippen LogP contribution >= 0.6 is 36.7 Å². The molecule has 0 unspecified atom stereocenters. The van der Waals surface area contributed by atoms with E-state index >= 15 is 0 Å². The van der Waals surface area contributed by atoms with Crippen LogP contribution in [0.4, 0.5) is 0 Å². The van der Waals surface area contributed by atoms with Crippen LogP contribution in [0.15, 0.2) is 0 Å². The fourth-order valence-corrected chi connectivity index (χ4v) is 0.459. The van der Waals surface area contributed by atoms with E-state index in [1.165, 1.54) is 0 Å². The fourth-order valence-electron chi connectivity index (χ4n) is 0.276. The molecule has 7 nitrogen and oxygen atoms in total. The Bertz CT molecular complexity index is 196. The average Bonchev–Trinajstić information content (AvgIpc) is 1.80. The van der Waals surface area contributed by atoms with Crippen molar-refractivity contribution < 1.29 is 14.5 Å². The van der Waals surface area contributed by atoms with Gasteiger partial charge in [0, 0.05) is 0 Å². The van der Waals surface area contributed by atoms with Gasteiger partial charge < -0.3 is 31.7 Å². The van der Waals surface area contributed by atoms with Crippen LogP contribution in [0.5, 0.6) is 0 Å². The smallest absolute Gasteiger partial charge is 0.283 e. The molecule has 0 aromatic heterocycles. The highest BCUT2D eigenvalue weighted by Crippen LogP contribution is 1.94. The van der Waals surface area contributed by atoms with Crippen molar-refractivity contribution in [2.24, 2.45) is 17.2 Å². The summed E-state index contributed by atoms with van der Waals surface area (Å²) < 4.78 is 0. The van der Waals surface area contributed by atoms with E-state index in [0.717, 1.165) is 0 Å². The van der Waals surface area contributed by atoms with E-state index in [1.807, 2.05) is 0 Å². The summed E-state index contributed by atoms with van der Waals surface area (Å²) in [5.74, 6) is 0. The molecule has 0 fully saturated rings. The summed E-state index contributed by atoms with van der Waals surface area (Å²) in [6.45, 7) is 0. The first kappa shape index (κ1) is 12.0. The molecule has 0 aliphatic rings. The lowest BCUT2D eigenvalue weighted by molar-refractivity contribution is -0.433. The van der Waals surface area contributed by atoms with E-state index in [0.29, 0.717) is 5.39 Å². The highest BCUT2D eigenvalue weighted by molar-refractivity contribution is 7.80. The second-order valence-electron chi connectivity index (χ2n) is 1.45. The monoisotopic (exact) mass is 242 g/mol. The van der Waals surface area contributed by atoms with Crippen molar-refractivity contribution in [2.45, 2.75) is 0 Å². The van der Waals surface area contributed by atoms with Crippen LogP contribution in [0.1, 0.15) is 0 Å². The molecule has 0 rings (SSSR count). The van der Waals surface area contributed by atoms with Gasteiger partial charge >= 0.3 is 0 Å². The highest BCUT2D eigenvalue weighted by Gasteiger charge is 2.13. The molecule has 6 N–H and O–H groups in total. The SMILES string of the molecule is NC(=S)ON(OC(N)=S)OC(N)=S. The predicted molar refractivity (Wildman–Crippen MR) is 55.5 cm³/mol.